The summed E-state index contributed by atoms with van der Waals surface area (Å²) in [4.78, 5) is 20.2. The number of hydrogen-bond donors (Lipinski definition) is 3. The first-order chi connectivity index (χ1) is 15.9. The quantitative estimate of drug-likeness (QED) is 0.208. The number of aliphatic hydroxyl groups is 1. The molecule has 0 aromatic heterocycles. The van der Waals surface area contributed by atoms with Crippen LogP contribution in [0.1, 0.15) is 19.3 Å². The molecule has 3 saturated heterocycles. The van der Waals surface area contributed by atoms with Gasteiger partial charge in [-0.05, 0) is 19.3 Å². The fourth-order valence-corrected chi connectivity index (χ4v) is 5.75. The van der Waals surface area contributed by atoms with Gasteiger partial charge >= 0.3 is 15.6 Å². The molecular weight excluding hydrogens is 495 g/mol. The van der Waals surface area contributed by atoms with Gasteiger partial charge in [-0.1, -0.05) is 0 Å². The third kappa shape index (κ3) is 8.38. The van der Waals surface area contributed by atoms with Crippen LogP contribution in [-0.2, 0) is 46.2 Å². The summed E-state index contributed by atoms with van der Waals surface area (Å²) in [6.45, 7) is -0.896. The number of methoxy groups -OCH3 is 1. The molecule has 3 aliphatic rings. The normalized spacial score (nSPS) is 41.9. The van der Waals surface area contributed by atoms with Crippen LogP contribution in [0.5, 0.6) is 0 Å². The van der Waals surface area contributed by atoms with Crippen LogP contribution in [0.15, 0.2) is 0 Å². The largest absolute Gasteiger partial charge is 0.472 e. The molecule has 3 aliphatic heterocycles. The molecule has 0 aliphatic carbocycles. The predicted molar refractivity (Wildman–Crippen MR) is 116 cm³/mol. The number of aliphatic hydroxyl groups excluding tert-OH is 1. The van der Waals surface area contributed by atoms with E-state index in [0.717, 1.165) is 0 Å². The van der Waals surface area contributed by atoms with Crippen molar-refractivity contribution in [2.24, 2.45) is 0 Å². The molecule has 3 rings (SSSR count). The van der Waals surface area contributed by atoms with E-state index in [-0.39, 0.29) is 25.9 Å². The average Bonchev–Trinajstić information content (AvgIpc) is 3.34. The van der Waals surface area contributed by atoms with E-state index in [4.69, 9.17) is 60.6 Å². The molecule has 188 valence electrons. The Kier molecular flexibility index (Phi) is 10.3. The summed E-state index contributed by atoms with van der Waals surface area (Å²) in [5.41, 5.74) is 0. The molecule has 6 radical (unpaired) electrons. The van der Waals surface area contributed by atoms with Gasteiger partial charge < -0.3 is 33.8 Å². The maximum atomic E-state index is 12.4. The van der Waals surface area contributed by atoms with E-state index in [1.54, 1.807) is 0 Å². The maximum Gasteiger partial charge on any atom is 0.472 e. The van der Waals surface area contributed by atoms with Crippen LogP contribution in [0, 0.1) is 0 Å². The minimum absolute atomic E-state index is 0.0207. The molecule has 0 spiro atoms. The van der Waals surface area contributed by atoms with E-state index in [9.17, 15) is 24.0 Å². The van der Waals surface area contributed by atoms with Crippen LogP contribution in [0.3, 0.4) is 0 Å². The Labute approximate surface area is 201 Å². The van der Waals surface area contributed by atoms with E-state index in [2.05, 4.69) is 0 Å². The average molecular weight is 522 g/mol. The summed E-state index contributed by atoms with van der Waals surface area (Å²) in [7, 11) is 9.17. The summed E-state index contributed by atoms with van der Waals surface area (Å²) >= 11 is 0. The van der Waals surface area contributed by atoms with Crippen molar-refractivity contribution in [2.45, 2.75) is 73.9 Å². The third-order valence-electron chi connectivity index (χ3n) is 5.38. The molecule has 0 aromatic carbocycles. The lowest BCUT2D eigenvalue weighted by Crippen LogP contribution is -2.31. The van der Waals surface area contributed by atoms with Gasteiger partial charge in [-0.3, -0.25) is 18.1 Å². The van der Waals surface area contributed by atoms with E-state index < -0.39 is 83.5 Å². The highest BCUT2D eigenvalue weighted by atomic mass is 31.2. The fourth-order valence-electron chi connectivity index (χ4n) is 3.83. The molecule has 3 fully saturated rings. The molecule has 13 nitrogen and oxygen atoms in total. The minimum atomic E-state index is -4.65. The summed E-state index contributed by atoms with van der Waals surface area (Å²) in [5, 5.41) is 9.79. The lowest BCUT2D eigenvalue weighted by Gasteiger charge is -2.24. The fraction of sp³-hybridized carbons (Fsp3) is 1.00. The van der Waals surface area contributed by atoms with Crippen LogP contribution < -0.4 is 0 Å². The van der Waals surface area contributed by atoms with Crippen LogP contribution >= 0.6 is 15.6 Å². The topological polar surface area (TPSA) is 169 Å². The van der Waals surface area contributed by atoms with Crippen molar-refractivity contribution in [3.63, 3.8) is 0 Å². The van der Waals surface area contributed by atoms with Gasteiger partial charge in [0.1, 0.15) is 41.9 Å². The summed E-state index contributed by atoms with van der Waals surface area (Å²) < 4.78 is 65.9. The Morgan fingerprint density at radius 2 is 1.18 bits per heavy atom. The van der Waals surface area contributed by atoms with Crippen LogP contribution in [0.4, 0.5) is 0 Å². The van der Waals surface area contributed by atoms with Gasteiger partial charge in [0.05, 0.1) is 38.1 Å². The molecule has 3 heterocycles. The summed E-state index contributed by atoms with van der Waals surface area (Å²) in [5.74, 6) is 0. The Balaban J connectivity index is 1.50. The van der Waals surface area contributed by atoms with Gasteiger partial charge in [0.2, 0.25) is 0 Å². The van der Waals surface area contributed by atoms with Crippen molar-refractivity contribution in [3.8, 4) is 0 Å². The second-order valence-electron chi connectivity index (χ2n) is 8.19. The molecule has 34 heavy (non-hydrogen) atoms. The number of hydrogen-bond acceptors (Lipinski definition) is 11. The van der Waals surface area contributed by atoms with Crippen LogP contribution in [-0.4, -0.2) is 120 Å². The molecule has 0 aromatic rings. The van der Waals surface area contributed by atoms with E-state index >= 15 is 0 Å². The van der Waals surface area contributed by atoms with E-state index in [1.807, 2.05) is 0 Å². The zero-order chi connectivity index (χ0) is 25.1. The standard InChI is InChI=1S/C16H27B3O13P2/c1-25-5-12-9(3-15(18)29-12)31-34(23,24)27-7-13-10(4-16(19)30-13)32-33(21,22)26-6-11-8(20)2-14(17)28-11/h8-16,20H,2-7H2,1H3,(H,21,22)(H,23,24)/t8-,9-,10-,11-,12-,13-,14-,15-,16-/m1/s1. The zero-order valence-electron chi connectivity index (χ0n) is 18.5. The molecule has 0 bridgehead atoms. The van der Waals surface area contributed by atoms with Crippen LogP contribution in [0.25, 0.3) is 0 Å². The first-order valence-electron chi connectivity index (χ1n) is 10.6. The molecule has 11 atom stereocenters. The second-order valence-corrected chi connectivity index (χ2v) is 11.0. The van der Waals surface area contributed by atoms with Gasteiger partial charge in [0.15, 0.2) is 0 Å². The van der Waals surface area contributed by atoms with Crippen LogP contribution in [0.2, 0.25) is 0 Å². The highest BCUT2D eigenvalue weighted by Crippen LogP contribution is 2.50. The Morgan fingerprint density at radius 1 is 0.765 bits per heavy atom. The van der Waals surface area contributed by atoms with E-state index in [1.165, 1.54) is 7.11 Å². The minimum Gasteiger partial charge on any atom is -0.390 e. The number of ether oxygens (including phenoxy) is 4. The summed E-state index contributed by atoms with van der Waals surface area (Å²) in [6.07, 6.45) is -5.27. The lowest BCUT2D eigenvalue weighted by molar-refractivity contribution is -0.0352. The highest BCUT2D eigenvalue weighted by Gasteiger charge is 2.43. The number of phosphoric acid groups is 2. The predicted octanol–water partition coefficient (Wildman–Crippen LogP) is -1.15. The van der Waals surface area contributed by atoms with Gasteiger partial charge in [0.25, 0.3) is 0 Å². The molecule has 2 unspecified atom stereocenters. The first kappa shape index (κ1) is 28.8. The Hall–Kier alpha value is 0.215. The summed E-state index contributed by atoms with van der Waals surface area (Å²) in [6, 6.07) is -2.29. The number of phosphoric ester groups is 2. The van der Waals surface area contributed by atoms with Crippen molar-refractivity contribution >= 4 is 39.2 Å². The molecule has 0 amide bonds. The van der Waals surface area contributed by atoms with Gasteiger partial charge in [-0.2, -0.15) is 0 Å². The van der Waals surface area contributed by atoms with Crippen molar-refractivity contribution in [2.75, 3.05) is 26.9 Å². The van der Waals surface area contributed by atoms with Gasteiger partial charge in [-0.25, -0.2) is 9.13 Å². The van der Waals surface area contributed by atoms with Crippen molar-refractivity contribution in [1.82, 2.24) is 0 Å². The highest BCUT2D eigenvalue weighted by molar-refractivity contribution is 7.47. The van der Waals surface area contributed by atoms with Gasteiger partial charge in [0, 0.05) is 25.1 Å². The van der Waals surface area contributed by atoms with E-state index in [0.29, 0.717) is 0 Å². The molecule has 0 saturated carbocycles. The monoisotopic (exact) mass is 522 g/mol. The van der Waals surface area contributed by atoms with Crippen molar-refractivity contribution in [1.29, 1.82) is 0 Å². The molecule has 3 N–H and O–H groups in total. The molecule has 18 heteroatoms. The zero-order valence-corrected chi connectivity index (χ0v) is 20.3. The lowest BCUT2D eigenvalue weighted by atomic mass is 9.96. The Bertz CT molecular complexity index is 766. The molecular formula is C16H27B3O13P2. The SMILES string of the molecule is [B][C@H]1C[C@@H](O)[C@@H](COP(=O)(O)O[C@@H]2C[C@H]([B])O[C@@H]2COP(=O)(O)O[C@@H]2C[C@H]([B])O[C@@H]2COC)O1. The maximum absolute atomic E-state index is 12.4. The van der Waals surface area contributed by atoms with Crippen molar-refractivity contribution in [3.05, 3.63) is 0 Å². The smallest absolute Gasteiger partial charge is 0.390 e. The van der Waals surface area contributed by atoms with Gasteiger partial charge in [-0.15, -0.1) is 0 Å². The first-order valence-corrected chi connectivity index (χ1v) is 13.6. The third-order valence-corrected chi connectivity index (χ3v) is 7.41. The Morgan fingerprint density at radius 3 is 1.62 bits per heavy atom. The second kappa shape index (κ2) is 12.2. The number of rotatable bonds is 12. The van der Waals surface area contributed by atoms with Crippen molar-refractivity contribution < 1.29 is 61.1 Å².